The maximum absolute atomic E-state index is 11.1. The fourth-order valence-corrected chi connectivity index (χ4v) is 0.670. The van der Waals surface area contributed by atoms with E-state index in [-0.39, 0.29) is 0 Å². The first-order chi connectivity index (χ1) is 7.70. The second kappa shape index (κ2) is 6.79. The van der Waals surface area contributed by atoms with Gasteiger partial charge in [0.15, 0.2) is 12.5 Å². The Labute approximate surface area is 98.5 Å². The van der Waals surface area contributed by atoms with Crippen molar-refractivity contribution >= 4 is 11.9 Å². The number of nitrogens with one attached hydrogen (secondary N) is 1. The molecule has 0 aliphatic rings. The van der Waals surface area contributed by atoms with E-state index in [9.17, 15) is 14.8 Å². The molecular formula is C10H15NO6. The smallest absolute Gasteiger partial charge is 0.336 e. The van der Waals surface area contributed by atoms with Crippen molar-refractivity contribution in [3.05, 3.63) is 29.8 Å². The molecule has 0 saturated heterocycles. The normalized spacial score (nSPS) is 13.9. The molecule has 0 aromatic heterocycles. The van der Waals surface area contributed by atoms with Crippen molar-refractivity contribution in [1.29, 1.82) is 0 Å². The second-order valence-corrected chi connectivity index (χ2v) is 3.94. The van der Waals surface area contributed by atoms with E-state index in [1.165, 1.54) is 0 Å². The van der Waals surface area contributed by atoms with Crippen LogP contribution in [0.4, 0.5) is 0 Å². The molecule has 2 N–H and O–H groups in total. The van der Waals surface area contributed by atoms with Crippen LogP contribution in [0.5, 0.6) is 0 Å². The van der Waals surface area contributed by atoms with E-state index in [1.807, 2.05) is 0 Å². The van der Waals surface area contributed by atoms with Gasteiger partial charge in [0, 0.05) is 12.2 Å². The molecule has 17 heavy (non-hydrogen) atoms. The zero-order chi connectivity index (χ0) is 13.5. The van der Waals surface area contributed by atoms with Crippen molar-refractivity contribution in [3.8, 4) is 0 Å². The number of rotatable bonds is 4. The minimum atomic E-state index is -1.24. The Balaban J connectivity index is 4.08. The maximum Gasteiger partial charge on any atom is 0.336 e. The number of esters is 2. The summed E-state index contributed by atoms with van der Waals surface area (Å²) in [7, 11) is 0. The molecular weight excluding hydrogens is 230 g/mol. The molecule has 7 nitrogen and oxygen atoms in total. The number of hydrogen-bond acceptors (Lipinski definition) is 6. The van der Waals surface area contributed by atoms with E-state index in [2.05, 4.69) is 4.74 Å². The first-order valence-electron chi connectivity index (χ1n) is 4.72. The minimum Gasteiger partial charge on any atom is -0.595 e. The van der Waals surface area contributed by atoms with Crippen LogP contribution in [0.2, 0.25) is 0 Å². The Hall–Kier alpha value is -1.70. The summed E-state index contributed by atoms with van der Waals surface area (Å²) < 4.78 is 9.22. The number of carbonyl (C=O) groups excluding carboxylic acids is 2. The molecule has 1 unspecified atom stereocenters. The van der Waals surface area contributed by atoms with Crippen LogP contribution in [0.15, 0.2) is 24.6 Å². The molecule has 0 aromatic rings. The molecule has 0 aliphatic carbocycles. The standard InChI is InChI=1S/C10H15NO6/c1-10(2,3)17-9(13)5-4-8(12)16-7-6-11(14)15/h4-7,11,14H,1-3H3/b5-4+,7-6+. The van der Waals surface area contributed by atoms with Crippen LogP contribution in [-0.4, -0.2) is 22.7 Å². The van der Waals surface area contributed by atoms with Gasteiger partial charge in [0.1, 0.15) is 5.60 Å². The summed E-state index contributed by atoms with van der Waals surface area (Å²) in [6.07, 6.45) is 3.12. The van der Waals surface area contributed by atoms with Crippen molar-refractivity contribution in [2.75, 3.05) is 0 Å². The zero-order valence-electron chi connectivity index (χ0n) is 9.80. The van der Waals surface area contributed by atoms with E-state index in [4.69, 9.17) is 9.94 Å². The predicted molar refractivity (Wildman–Crippen MR) is 56.3 cm³/mol. The van der Waals surface area contributed by atoms with Crippen molar-refractivity contribution in [1.82, 2.24) is 0 Å². The average Bonchev–Trinajstić information content (AvgIpc) is 2.11. The summed E-state index contributed by atoms with van der Waals surface area (Å²) in [5.41, 5.74) is -0.644. The van der Waals surface area contributed by atoms with E-state index >= 15 is 0 Å². The molecule has 0 heterocycles. The van der Waals surface area contributed by atoms with Crippen LogP contribution >= 0.6 is 0 Å². The molecule has 0 aliphatic heterocycles. The molecule has 0 amide bonds. The summed E-state index contributed by atoms with van der Waals surface area (Å²) in [5.74, 6) is -1.55. The van der Waals surface area contributed by atoms with Gasteiger partial charge in [0.2, 0.25) is 0 Å². The molecule has 7 heteroatoms. The monoisotopic (exact) mass is 245 g/mol. The maximum atomic E-state index is 11.1. The third kappa shape index (κ3) is 10.6. The first-order valence-corrected chi connectivity index (χ1v) is 4.72. The summed E-state index contributed by atoms with van der Waals surface area (Å²) in [6.45, 7) is 5.06. The van der Waals surface area contributed by atoms with Crippen LogP contribution < -0.4 is 5.23 Å². The van der Waals surface area contributed by atoms with E-state index in [1.54, 1.807) is 20.8 Å². The van der Waals surface area contributed by atoms with E-state index in [0.717, 1.165) is 12.2 Å². The highest BCUT2D eigenvalue weighted by Crippen LogP contribution is 2.06. The molecule has 0 radical (unpaired) electrons. The van der Waals surface area contributed by atoms with Crippen LogP contribution in [0.3, 0.4) is 0 Å². The van der Waals surface area contributed by atoms with Gasteiger partial charge in [-0.3, -0.25) is 0 Å². The molecule has 0 saturated carbocycles. The number of ether oxygens (including phenoxy) is 2. The molecule has 1 atom stereocenters. The third-order valence-corrected chi connectivity index (χ3v) is 1.16. The zero-order valence-corrected chi connectivity index (χ0v) is 9.80. The molecule has 0 bridgehead atoms. The summed E-state index contributed by atoms with van der Waals surface area (Å²) in [4.78, 5) is 22.0. The van der Waals surface area contributed by atoms with Gasteiger partial charge in [-0.25, -0.2) is 14.8 Å². The van der Waals surface area contributed by atoms with Gasteiger partial charge in [-0.1, -0.05) is 0 Å². The van der Waals surface area contributed by atoms with E-state index < -0.39 is 22.8 Å². The highest BCUT2D eigenvalue weighted by molar-refractivity contribution is 5.91. The van der Waals surface area contributed by atoms with Crippen molar-refractivity contribution in [2.45, 2.75) is 26.4 Å². The quantitative estimate of drug-likeness (QED) is 0.304. The molecule has 0 aromatic carbocycles. The van der Waals surface area contributed by atoms with E-state index in [0.29, 0.717) is 12.5 Å². The number of quaternary nitrogens is 1. The van der Waals surface area contributed by atoms with Gasteiger partial charge in [-0.2, -0.15) is 5.23 Å². The lowest BCUT2D eigenvalue weighted by molar-refractivity contribution is -1.00. The highest BCUT2D eigenvalue weighted by atomic mass is 16.8. The van der Waals surface area contributed by atoms with Crippen molar-refractivity contribution in [2.24, 2.45) is 0 Å². The predicted octanol–water partition coefficient (Wildman–Crippen LogP) is -0.329. The lowest BCUT2D eigenvalue weighted by Gasteiger charge is -2.17. The van der Waals surface area contributed by atoms with Crippen LogP contribution in [0.1, 0.15) is 20.8 Å². The molecule has 96 valence electrons. The van der Waals surface area contributed by atoms with Gasteiger partial charge < -0.3 is 14.7 Å². The summed E-state index contributed by atoms with van der Waals surface area (Å²) in [6, 6.07) is 0. The fraction of sp³-hybridized carbons (Fsp3) is 0.400. The van der Waals surface area contributed by atoms with Gasteiger partial charge in [-0.05, 0) is 20.8 Å². The van der Waals surface area contributed by atoms with Crippen LogP contribution in [-0.2, 0) is 19.1 Å². The second-order valence-electron chi connectivity index (χ2n) is 3.94. The van der Waals surface area contributed by atoms with Gasteiger partial charge in [0.25, 0.3) is 0 Å². The minimum absolute atomic E-state index is 0.644. The van der Waals surface area contributed by atoms with Crippen molar-refractivity contribution < 1.29 is 29.5 Å². The van der Waals surface area contributed by atoms with Gasteiger partial charge in [-0.15, -0.1) is 0 Å². The first kappa shape index (κ1) is 15.3. The Kier molecular flexibility index (Phi) is 6.11. The topological polar surface area (TPSA) is 100 Å². The lowest BCUT2D eigenvalue weighted by Crippen LogP contribution is -2.99. The highest BCUT2D eigenvalue weighted by Gasteiger charge is 2.14. The van der Waals surface area contributed by atoms with Crippen LogP contribution in [0, 0.1) is 5.21 Å². The Morgan fingerprint density at radius 3 is 2.24 bits per heavy atom. The Bertz CT molecular complexity index is 326. The third-order valence-electron chi connectivity index (χ3n) is 1.16. The van der Waals surface area contributed by atoms with Crippen molar-refractivity contribution in [3.63, 3.8) is 0 Å². The number of hydroxylamine groups is 2. The average molecular weight is 245 g/mol. The number of carbonyl (C=O) groups is 2. The molecule has 0 fully saturated rings. The fourth-order valence-electron chi connectivity index (χ4n) is 0.670. The lowest BCUT2D eigenvalue weighted by atomic mass is 10.2. The van der Waals surface area contributed by atoms with Gasteiger partial charge in [0.05, 0.1) is 0 Å². The SMILES string of the molecule is CC(C)(C)OC(=O)/C=C/C(=O)O/C=C/[NH+]([O-])O. The molecule has 0 spiro atoms. The van der Waals surface area contributed by atoms with Crippen LogP contribution in [0.25, 0.3) is 0 Å². The largest absolute Gasteiger partial charge is 0.595 e. The Morgan fingerprint density at radius 1 is 1.24 bits per heavy atom. The summed E-state index contributed by atoms with van der Waals surface area (Å²) >= 11 is 0. The molecule has 0 rings (SSSR count). The Morgan fingerprint density at radius 2 is 1.76 bits per heavy atom. The summed E-state index contributed by atoms with van der Waals surface area (Å²) in [5, 5.41) is 17.0. The van der Waals surface area contributed by atoms with Gasteiger partial charge >= 0.3 is 11.9 Å². The number of hydrogen-bond donors (Lipinski definition) is 2.